The van der Waals surface area contributed by atoms with Crippen LogP contribution in [0.1, 0.15) is 23.2 Å². The van der Waals surface area contributed by atoms with Crippen LogP contribution in [-0.4, -0.2) is 24.9 Å². The molecule has 1 aliphatic carbocycles. The third-order valence-corrected chi connectivity index (χ3v) is 3.03. The third kappa shape index (κ3) is 3.61. The number of benzene rings is 1. The van der Waals surface area contributed by atoms with Crippen molar-refractivity contribution in [3.05, 3.63) is 23.8 Å². The number of nitrogen functional groups attached to an aromatic ring is 1. The monoisotopic (exact) mass is 262 g/mol. The molecule has 2 amide bonds. The van der Waals surface area contributed by atoms with E-state index in [2.05, 4.69) is 10.6 Å². The second-order valence-corrected chi connectivity index (χ2v) is 4.66. The average molecular weight is 262 g/mol. The summed E-state index contributed by atoms with van der Waals surface area (Å²) in [6.07, 6.45) is 1.99. The number of nitrogens with one attached hydrogen (secondary N) is 2. The molecule has 0 aromatic heterocycles. The van der Waals surface area contributed by atoms with Crippen molar-refractivity contribution in [1.82, 2.24) is 5.32 Å². The fraction of sp³-hybridized carbons (Fsp3) is 0.385. The Bertz CT molecular complexity index is 497. The van der Waals surface area contributed by atoms with Gasteiger partial charge >= 0.3 is 0 Å². The fourth-order valence-electron chi connectivity index (χ4n) is 1.74. The molecule has 6 nitrogen and oxygen atoms in total. The van der Waals surface area contributed by atoms with Crippen LogP contribution >= 0.6 is 0 Å². The molecule has 1 aromatic carbocycles. The van der Waals surface area contributed by atoms with Gasteiger partial charge in [0.2, 0.25) is 11.8 Å². The zero-order chi connectivity index (χ0) is 13.8. The van der Waals surface area contributed by atoms with Crippen molar-refractivity contribution < 1.29 is 9.59 Å². The van der Waals surface area contributed by atoms with Crippen molar-refractivity contribution >= 4 is 23.2 Å². The van der Waals surface area contributed by atoms with Gasteiger partial charge in [-0.3, -0.25) is 9.59 Å². The predicted molar refractivity (Wildman–Crippen MR) is 73.6 cm³/mol. The first kappa shape index (κ1) is 13.2. The van der Waals surface area contributed by atoms with Crippen molar-refractivity contribution in [3.63, 3.8) is 0 Å². The summed E-state index contributed by atoms with van der Waals surface area (Å²) in [5, 5.41) is 5.91. The molecule has 0 saturated heterocycles. The molecule has 1 saturated carbocycles. The zero-order valence-corrected chi connectivity index (χ0v) is 10.6. The van der Waals surface area contributed by atoms with Crippen LogP contribution in [0.25, 0.3) is 0 Å². The molecule has 0 aliphatic heterocycles. The number of hydrogen-bond donors (Lipinski definition) is 4. The van der Waals surface area contributed by atoms with Crippen LogP contribution in [0.5, 0.6) is 0 Å². The standard InChI is InChI=1S/C13H18N4O2/c14-10-4-3-9(12(15)18)7-11(10)16-5-6-17-13(19)8-1-2-8/h3-4,7-8,16H,1-2,5-6,14H2,(H2,15,18)(H,17,19). The summed E-state index contributed by atoms with van der Waals surface area (Å²) in [7, 11) is 0. The van der Waals surface area contributed by atoms with Gasteiger partial charge in [0.25, 0.3) is 0 Å². The van der Waals surface area contributed by atoms with E-state index in [1.165, 1.54) is 0 Å². The highest BCUT2D eigenvalue weighted by Crippen LogP contribution is 2.28. The van der Waals surface area contributed by atoms with Crippen molar-refractivity contribution in [2.45, 2.75) is 12.8 Å². The molecule has 1 aliphatic rings. The number of anilines is 2. The highest BCUT2D eigenvalue weighted by atomic mass is 16.2. The number of nitrogens with two attached hydrogens (primary N) is 2. The molecular formula is C13H18N4O2. The number of amides is 2. The third-order valence-electron chi connectivity index (χ3n) is 3.03. The number of rotatable bonds is 6. The molecule has 0 spiro atoms. The highest BCUT2D eigenvalue weighted by molar-refractivity contribution is 5.94. The van der Waals surface area contributed by atoms with Gasteiger partial charge in [-0.2, -0.15) is 0 Å². The molecule has 2 rings (SSSR count). The Balaban J connectivity index is 1.82. The normalized spacial score (nSPS) is 13.9. The molecule has 0 radical (unpaired) electrons. The maximum absolute atomic E-state index is 11.4. The molecule has 1 aromatic rings. The van der Waals surface area contributed by atoms with E-state index in [1.807, 2.05) is 0 Å². The minimum absolute atomic E-state index is 0.112. The first-order chi connectivity index (χ1) is 9.08. The van der Waals surface area contributed by atoms with Crippen LogP contribution in [0.2, 0.25) is 0 Å². The lowest BCUT2D eigenvalue weighted by Crippen LogP contribution is -2.30. The lowest BCUT2D eigenvalue weighted by atomic mass is 10.1. The van der Waals surface area contributed by atoms with Gasteiger partial charge in [-0.1, -0.05) is 0 Å². The van der Waals surface area contributed by atoms with Crippen LogP contribution in [0.15, 0.2) is 18.2 Å². The quantitative estimate of drug-likeness (QED) is 0.436. The first-order valence-electron chi connectivity index (χ1n) is 6.29. The van der Waals surface area contributed by atoms with E-state index in [1.54, 1.807) is 18.2 Å². The van der Waals surface area contributed by atoms with Crippen molar-refractivity contribution in [3.8, 4) is 0 Å². The van der Waals surface area contributed by atoms with Crippen LogP contribution in [0.3, 0.4) is 0 Å². The summed E-state index contributed by atoms with van der Waals surface area (Å²) in [5.41, 5.74) is 12.6. The topological polar surface area (TPSA) is 110 Å². The van der Waals surface area contributed by atoms with E-state index in [0.29, 0.717) is 30.0 Å². The van der Waals surface area contributed by atoms with Gasteiger partial charge in [0.1, 0.15) is 0 Å². The van der Waals surface area contributed by atoms with Gasteiger partial charge in [-0.15, -0.1) is 0 Å². The molecule has 1 fully saturated rings. The van der Waals surface area contributed by atoms with Crippen LogP contribution in [-0.2, 0) is 4.79 Å². The Morgan fingerprint density at radius 2 is 2.00 bits per heavy atom. The molecule has 6 N–H and O–H groups in total. The van der Waals surface area contributed by atoms with Gasteiger partial charge in [0.05, 0.1) is 11.4 Å². The largest absolute Gasteiger partial charge is 0.397 e. The maximum Gasteiger partial charge on any atom is 0.248 e. The second kappa shape index (κ2) is 5.60. The van der Waals surface area contributed by atoms with Gasteiger partial charge < -0.3 is 22.1 Å². The summed E-state index contributed by atoms with van der Waals surface area (Å²) in [6.45, 7) is 1.07. The lowest BCUT2D eigenvalue weighted by Gasteiger charge is -2.11. The lowest BCUT2D eigenvalue weighted by molar-refractivity contribution is -0.122. The van der Waals surface area contributed by atoms with Gasteiger partial charge in [0, 0.05) is 24.6 Å². The van der Waals surface area contributed by atoms with E-state index in [0.717, 1.165) is 12.8 Å². The summed E-state index contributed by atoms with van der Waals surface area (Å²) in [6, 6.07) is 4.82. The summed E-state index contributed by atoms with van der Waals surface area (Å²) in [5.74, 6) is -0.172. The Labute approximate surface area is 111 Å². The minimum Gasteiger partial charge on any atom is -0.397 e. The van der Waals surface area contributed by atoms with Crippen LogP contribution < -0.4 is 22.1 Å². The Morgan fingerprint density at radius 3 is 2.63 bits per heavy atom. The SMILES string of the molecule is NC(=O)c1ccc(N)c(NCCNC(=O)C2CC2)c1. The number of carbonyl (C=O) groups is 2. The molecule has 102 valence electrons. The summed E-state index contributed by atoms with van der Waals surface area (Å²) >= 11 is 0. The van der Waals surface area contributed by atoms with E-state index in [-0.39, 0.29) is 11.8 Å². The smallest absolute Gasteiger partial charge is 0.248 e. The predicted octanol–water partition coefficient (Wildman–Crippen LogP) is 0.306. The molecule has 0 unspecified atom stereocenters. The first-order valence-corrected chi connectivity index (χ1v) is 6.29. The van der Waals surface area contributed by atoms with E-state index >= 15 is 0 Å². The fourth-order valence-corrected chi connectivity index (χ4v) is 1.74. The molecule has 19 heavy (non-hydrogen) atoms. The van der Waals surface area contributed by atoms with Crippen molar-refractivity contribution in [2.75, 3.05) is 24.1 Å². The average Bonchev–Trinajstić information content (AvgIpc) is 3.20. The summed E-state index contributed by atoms with van der Waals surface area (Å²) in [4.78, 5) is 22.5. The number of primary amides is 1. The van der Waals surface area contributed by atoms with Crippen molar-refractivity contribution in [2.24, 2.45) is 11.7 Å². The van der Waals surface area contributed by atoms with Crippen LogP contribution in [0.4, 0.5) is 11.4 Å². The Hall–Kier alpha value is -2.24. The number of hydrogen-bond acceptors (Lipinski definition) is 4. The Kier molecular flexibility index (Phi) is 3.89. The summed E-state index contributed by atoms with van der Waals surface area (Å²) < 4.78 is 0. The van der Waals surface area contributed by atoms with Gasteiger partial charge in [-0.05, 0) is 31.0 Å². The second-order valence-electron chi connectivity index (χ2n) is 4.66. The molecule has 0 heterocycles. The maximum atomic E-state index is 11.4. The van der Waals surface area contributed by atoms with Gasteiger partial charge in [0.15, 0.2) is 0 Å². The van der Waals surface area contributed by atoms with Gasteiger partial charge in [-0.25, -0.2) is 0 Å². The van der Waals surface area contributed by atoms with E-state index < -0.39 is 5.91 Å². The minimum atomic E-state index is -0.495. The van der Waals surface area contributed by atoms with E-state index in [4.69, 9.17) is 11.5 Å². The highest BCUT2D eigenvalue weighted by Gasteiger charge is 2.28. The van der Waals surface area contributed by atoms with Crippen LogP contribution in [0, 0.1) is 5.92 Å². The molecular weight excluding hydrogens is 244 g/mol. The molecule has 0 bridgehead atoms. The molecule has 6 heteroatoms. The number of carbonyl (C=O) groups excluding carboxylic acids is 2. The van der Waals surface area contributed by atoms with Crippen molar-refractivity contribution in [1.29, 1.82) is 0 Å². The molecule has 0 atom stereocenters. The Morgan fingerprint density at radius 1 is 1.26 bits per heavy atom. The zero-order valence-electron chi connectivity index (χ0n) is 10.6. The van der Waals surface area contributed by atoms with E-state index in [9.17, 15) is 9.59 Å².